The summed E-state index contributed by atoms with van der Waals surface area (Å²) >= 11 is 16.9. The SMILES string of the molecule is COC(=O)C1=C(N)C(C(=O)c2cc(Cl)ccc2Cl)NC1=S. The summed E-state index contributed by atoms with van der Waals surface area (Å²) in [4.78, 5) is 24.2. The van der Waals surface area contributed by atoms with Gasteiger partial charge in [0.05, 0.1) is 17.8 Å². The Hall–Kier alpha value is -1.63. The van der Waals surface area contributed by atoms with Gasteiger partial charge in [-0.1, -0.05) is 35.4 Å². The van der Waals surface area contributed by atoms with Gasteiger partial charge in [0, 0.05) is 10.6 Å². The monoisotopic (exact) mass is 344 g/mol. The van der Waals surface area contributed by atoms with E-state index in [2.05, 4.69) is 10.1 Å². The van der Waals surface area contributed by atoms with Crippen LogP contribution in [0.5, 0.6) is 0 Å². The summed E-state index contributed by atoms with van der Waals surface area (Å²) in [6.45, 7) is 0. The number of halogens is 2. The van der Waals surface area contributed by atoms with Crippen molar-refractivity contribution < 1.29 is 14.3 Å². The Kier molecular flexibility index (Phi) is 4.51. The van der Waals surface area contributed by atoms with Crippen LogP contribution >= 0.6 is 35.4 Å². The average molecular weight is 345 g/mol. The fourth-order valence-electron chi connectivity index (χ4n) is 1.92. The Morgan fingerprint density at radius 1 is 1.38 bits per heavy atom. The molecule has 1 heterocycles. The smallest absolute Gasteiger partial charge is 0.342 e. The van der Waals surface area contributed by atoms with Crippen LogP contribution in [0, 0.1) is 0 Å². The number of ketones is 1. The molecule has 21 heavy (non-hydrogen) atoms. The predicted molar refractivity (Wildman–Crippen MR) is 83.5 cm³/mol. The van der Waals surface area contributed by atoms with E-state index in [1.165, 1.54) is 19.2 Å². The first-order valence-electron chi connectivity index (χ1n) is 5.75. The van der Waals surface area contributed by atoms with Crippen LogP contribution in [0.4, 0.5) is 0 Å². The number of hydrogen-bond acceptors (Lipinski definition) is 5. The molecule has 0 bridgehead atoms. The highest BCUT2D eigenvalue weighted by Crippen LogP contribution is 2.25. The molecule has 0 spiro atoms. The molecule has 0 aliphatic carbocycles. The van der Waals surface area contributed by atoms with E-state index in [0.29, 0.717) is 5.02 Å². The number of nitrogens with one attached hydrogen (secondary N) is 1. The predicted octanol–water partition coefficient (Wildman–Crippen LogP) is 1.86. The molecule has 0 radical (unpaired) electrons. The van der Waals surface area contributed by atoms with Gasteiger partial charge in [0.1, 0.15) is 16.6 Å². The van der Waals surface area contributed by atoms with E-state index < -0.39 is 17.8 Å². The third kappa shape index (κ3) is 2.88. The van der Waals surface area contributed by atoms with Crippen molar-refractivity contribution in [1.82, 2.24) is 5.32 Å². The molecule has 0 saturated heterocycles. The molecule has 0 saturated carbocycles. The summed E-state index contributed by atoms with van der Waals surface area (Å²) in [6, 6.07) is 3.53. The van der Waals surface area contributed by atoms with Crippen LogP contribution in [0.1, 0.15) is 10.4 Å². The van der Waals surface area contributed by atoms with Crippen LogP contribution in [0.25, 0.3) is 0 Å². The first-order valence-corrected chi connectivity index (χ1v) is 6.91. The van der Waals surface area contributed by atoms with Crippen LogP contribution in [0.2, 0.25) is 10.0 Å². The van der Waals surface area contributed by atoms with Crippen molar-refractivity contribution in [2.24, 2.45) is 5.73 Å². The van der Waals surface area contributed by atoms with Crippen LogP contribution in [-0.2, 0) is 9.53 Å². The van der Waals surface area contributed by atoms with Gasteiger partial charge < -0.3 is 15.8 Å². The molecule has 110 valence electrons. The molecular weight excluding hydrogens is 335 g/mol. The molecule has 1 aliphatic heterocycles. The van der Waals surface area contributed by atoms with Crippen molar-refractivity contribution in [3.05, 3.63) is 45.1 Å². The number of nitrogens with two attached hydrogens (primary N) is 1. The highest BCUT2D eigenvalue weighted by atomic mass is 35.5. The molecule has 0 fully saturated rings. The zero-order valence-corrected chi connectivity index (χ0v) is 13.1. The van der Waals surface area contributed by atoms with E-state index in [-0.39, 0.29) is 26.8 Å². The Labute approximate surface area is 136 Å². The number of thiocarbonyl (C=S) groups is 1. The number of carbonyl (C=O) groups is 2. The number of methoxy groups -OCH3 is 1. The molecule has 0 aromatic heterocycles. The van der Waals surface area contributed by atoms with Crippen molar-refractivity contribution in [2.75, 3.05) is 7.11 Å². The number of carbonyl (C=O) groups excluding carboxylic acids is 2. The van der Waals surface area contributed by atoms with Crippen molar-refractivity contribution in [3.63, 3.8) is 0 Å². The van der Waals surface area contributed by atoms with E-state index in [1.54, 1.807) is 6.07 Å². The fraction of sp³-hybridized carbons (Fsp3) is 0.154. The van der Waals surface area contributed by atoms with Crippen LogP contribution < -0.4 is 11.1 Å². The maximum Gasteiger partial charge on any atom is 0.342 e. The number of Topliss-reactive ketones (excluding diaryl/α,β-unsaturated/α-hetero) is 1. The molecule has 3 N–H and O–H groups in total. The zero-order valence-electron chi connectivity index (χ0n) is 10.8. The summed E-state index contributed by atoms with van der Waals surface area (Å²) in [5.41, 5.74) is 6.04. The van der Waals surface area contributed by atoms with Crippen molar-refractivity contribution in [3.8, 4) is 0 Å². The van der Waals surface area contributed by atoms with Gasteiger partial charge in [-0.25, -0.2) is 4.79 Å². The van der Waals surface area contributed by atoms with Gasteiger partial charge in [-0.3, -0.25) is 4.79 Å². The van der Waals surface area contributed by atoms with Gasteiger partial charge in [0.25, 0.3) is 0 Å². The third-order valence-corrected chi connectivity index (χ3v) is 3.83. The number of rotatable bonds is 3. The minimum atomic E-state index is -0.970. The largest absolute Gasteiger partial charge is 0.465 e. The minimum absolute atomic E-state index is 0.00731. The van der Waals surface area contributed by atoms with E-state index in [1.807, 2.05) is 0 Å². The number of benzene rings is 1. The maximum absolute atomic E-state index is 12.5. The van der Waals surface area contributed by atoms with Crippen LogP contribution in [0.15, 0.2) is 29.5 Å². The lowest BCUT2D eigenvalue weighted by atomic mass is 10.0. The van der Waals surface area contributed by atoms with Gasteiger partial charge in [-0.2, -0.15) is 0 Å². The molecule has 1 aliphatic rings. The second kappa shape index (κ2) is 6.01. The zero-order chi connectivity index (χ0) is 15.7. The summed E-state index contributed by atoms with van der Waals surface area (Å²) in [6.07, 6.45) is 0. The van der Waals surface area contributed by atoms with Crippen molar-refractivity contribution in [1.29, 1.82) is 0 Å². The Morgan fingerprint density at radius 2 is 2.05 bits per heavy atom. The number of hydrogen-bond donors (Lipinski definition) is 2. The number of ether oxygens (including phenoxy) is 1. The van der Waals surface area contributed by atoms with Gasteiger partial charge in [-0.15, -0.1) is 0 Å². The summed E-state index contributed by atoms with van der Waals surface area (Å²) in [7, 11) is 1.20. The van der Waals surface area contributed by atoms with E-state index >= 15 is 0 Å². The Balaban J connectivity index is 2.41. The lowest BCUT2D eigenvalue weighted by Gasteiger charge is -2.13. The molecular formula is C13H10Cl2N2O3S. The second-order valence-corrected chi connectivity index (χ2v) is 5.47. The molecule has 1 atom stereocenters. The quantitative estimate of drug-likeness (QED) is 0.494. The minimum Gasteiger partial charge on any atom is -0.465 e. The normalized spacial score (nSPS) is 17.7. The Bertz CT molecular complexity index is 688. The van der Waals surface area contributed by atoms with Crippen LogP contribution in [-0.4, -0.2) is 29.9 Å². The van der Waals surface area contributed by atoms with Gasteiger partial charge in [-0.05, 0) is 18.2 Å². The van der Waals surface area contributed by atoms with Gasteiger partial charge in [0.2, 0.25) is 0 Å². The summed E-state index contributed by atoms with van der Waals surface area (Å²) in [5, 5.41) is 3.29. The Morgan fingerprint density at radius 3 is 2.67 bits per heavy atom. The first-order chi connectivity index (χ1) is 9.86. The lowest BCUT2D eigenvalue weighted by Crippen LogP contribution is -2.37. The second-order valence-electron chi connectivity index (χ2n) is 4.22. The standard InChI is InChI=1S/C13H10Cl2N2O3S/c1-20-13(19)8-9(16)10(17-12(8)21)11(18)6-4-5(14)2-3-7(6)15/h2-4,10H,16H2,1H3,(H,17,21). The summed E-state index contributed by atoms with van der Waals surface area (Å²) in [5.74, 6) is -1.13. The first kappa shape index (κ1) is 15.8. The van der Waals surface area contributed by atoms with E-state index in [4.69, 9.17) is 41.2 Å². The lowest BCUT2D eigenvalue weighted by molar-refractivity contribution is -0.135. The van der Waals surface area contributed by atoms with Gasteiger partial charge in [0.15, 0.2) is 5.78 Å². The molecule has 1 aromatic carbocycles. The molecule has 5 nitrogen and oxygen atoms in total. The average Bonchev–Trinajstić information content (AvgIpc) is 2.75. The topological polar surface area (TPSA) is 81.4 Å². The highest BCUT2D eigenvalue weighted by Gasteiger charge is 2.37. The van der Waals surface area contributed by atoms with E-state index in [0.717, 1.165) is 0 Å². The highest BCUT2D eigenvalue weighted by molar-refractivity contribution is 7.80. The van der Waals surface area contributed by atoms with Gasteiger partial charge >= 0.3 is 5.97 Å². The molecule has 2 rings (SSSR count). The van der Waals surface area contributed by atoms with Crippen LogP contribution in [0.3, 0.4) is 0 Å². The number of esters is 1. The maximum atomic E-state index is 12.5. The summed E-state index contributed by atoms with van der Waals surface area (Å²) < 4.78 is 4.59. The fourth-order valence-corrected chi connectivity index (χ4v) is 2.62. The van der Waals surface area contributed by atoms with Crippen molar-refractivity contribution >= 4 is 52.2 Å². The molecule has 8 heteroatoms. The molecule has 1 unspecified atom stereocenters. The molecule has 1 aromatic rings. The van der Waals surface area contributed by atoms with E-state index in [9.17, 15) is 9.59 Å². The van der Waals surface area contributed by atoms with Crippen molar-refractivity contribution in [2.45, 2.75) is 6.04 Å². The third-order valence-electron chi connectivity index (χ3n) is 2.95. The molecule has 0 amide bonds.